The number of nitrogens with one attached hydrogen (secondary N) is 1. The van der Waals surface area contributed by atoms with Crippen LogP contribution in [0.15, 0.2) is 36.7 Å². The highest BCUT2D eigenvalue weighted by atomic mass is 32.1. The Kier molecular flexibility index (Phi) is 5.01. The molecule has 2 aromatic rings. The fraction of sp³-hybridized carbons (Fsp3) is 0.267. The summed E-state index contributed by atoms with van der Waals surface area (Å²) in [5.41, 5.74) is 0.994. The second-order valence-corrected chi connectivity index (χ2v) is 5.75. The molecule has 2 aromatic heterocycles. The van der Waals surface area contributed by atoms with E-state index in [9.17, 15) is 9.59 Å². The first-order chi connectivity index (χ1) is 9.65. The van der Waals surface area contributed by atoms with Gasteiger partial charge in [-0.15, -0.1) is 11.3 Å². The fourth-order valence-electron chi connectivity index (χ4n) is 1.72. The Morgan fingerprint density at radius 3 is 2.55 bits per heavy atom. The van der Waals surface area contributed by atoms with Crippen LogP contribution in [0.4, 0.5) is 0 Å². The second kappa shape index (κ2) is 6.96. The third kappa shape index (κ3) is 4.28. The Morgan fingerprint density at radius 2 is 1.90 bits per heavy atom. The van der Waals surface area contributed by atoms with Crippen LogP contribution in [-0.4, -0.2) is 16.7 Å². The fourth-order valence-corrected chi connectivity index (χ4v) is 2.56. The Bertz CT molecular complexity index is 593. The van der Waals surface area contributed by atoms with Crippen molar-refractivity contribution in [3.8, 4) is 0 Å². The van der Waals surface area contributed by atoms with Crippen molar-refractivity contribution in [1.82, 2.24) is 10.3 Å². The number of carbonyl (C=O) groups is 2. The Hall–Kier alpha value is -2.01. The van der Waals surface area contributed by atoms with E-state index in [1.165, 1.54) is 11.3 Å². The van der Waals surface area contributed by atoms with Gasteiger partial charge in [0, 0.05) is 36.7 Å². The normalized spacial score (nSPS) is 10.2. The number of aromatic nitrogens is 1. The monoisotopic (exact) mass is 288 g/mol. The Labute approximate surface area is 121 Å². The molecule has 104 valence electrons. The number of thiophene rings is 1. The SMILES string of the molecule is Cc1ccc(C(=O)CCC(=O)NCc2ccncc2)s1. The second-order valence-electron chi connectivity index (χ2n) is 4.47. The summed E-state index contributed by atoms with van der Waals surface area (Å²) in [6.45, 7) is 2.43. The summed E-state index contributed by atoms with van der Waals surface area (Å²) in [5, 5.41) is 2.80. The van der Waals surface area contributed by atoms with Gasteiger partial charge in [0.05, 0.1) is 4.88 Å². The maximum absolute atomic E-state index is 11.9. The van der Waals surface area contributed by atoms with Gasteiger partial charge in [-0.1, -0.05) is 0 Å². The van der Waals surface area contributed by atoms with Crippen molar-refractivity contribution >= 4 is 23.0 Å². The number of Topliss-reactive ketones (excluding diaryl/α,β-unsaturated/α-hetero) is 1. The van der Waals surface area contributed by atoms with Gasteiger partial charge >= 0.3 is 0 Å². The summed E-state index contributed by atoms with van der Waals surface area (Å²) in [5.74, 6) is -0.0781. The molecule has 0 atom stereocenters. The summed E-state index contributed by atoms with van der Waals surface area (Å²) in [6.07, 6.45) is 3.84. The zero-order chi connectivity index (χ0) is 14.4. The molecule has 0 aliphatic rings. The van der Waals surface area contributed by atoms with Crippen molar-refractivity contribution in [3.05, 3.63) is 52.0 Å². The summed E-state index contributed by atoms with van der Waals surface area (Å²) in [7, 11) is 0. The average Bonchev–Trinajstić information content (AvgIpc) is 2.90. The lowest BCUT2D eigenvalue weighted by Crippen LogP contribution is -2.23. The van der Waals surface area contributed by atoms with E-state index >= 15 is 0 Å². The van der Waals surface area contributed by atoms with Crippen LogP contribution < -0.4 is 5.32 Å². The van der Waals surface area contributed by atoms with E-state index in [0.717, 1.165) is 15.3 Å². The number of nitrogens with zero attached hydrogens (tertiary/aromatic N) is 1. The van der Waals surface area contributed by atoms with Crippen molar-refractivity contribution in [2.24, 2.45) is 0 Å². The van der Waals surface area contributed by atoms with Crippen LogP contribution in [0.25, 0.3) is 0 Å². The van der Waals surface area contributed by atoms with E-state index < -0.39 is 0 Å². The third-order valence-electron chi connectivity index (χ3n) is 2.83. The van der Waals surface area contributed by atoms with Crippen molar-refractivity contribution in [3.63, 3.8) is 0 Å². The number of carbonyl (C=O) groups excluding carboxylic acids is 2. The molecule has 0 aliphatic heterocycles. The summed E-state index contributed by atoms with van der Waals surface area (Å²) >= 11 is 1.47. The number of hydrogen-bond acceptors (Lipinski definition) is 4. The van der Waals surface area contributed by atoms with Crippen LogP contribution in [0.2, 0.25) is 0 Å². The molecule has 2 rings (SSSR count). The summed E-state index contributed by atoms with van der Waals surface area (Å²) in [4.78, 5) is 29.3. The Morgan fingerprint density at radius 1 is 1.15 bits per heavy atom. The van der Waals surface area contributed by atoms with E-state index in [0.29, 0.717) is 6.54 Å². The smallest absolute Gasteiger partial charge is 0.220 e. The van der Waals surface area contributed by atoms with Crippen LogP contribution >= 0.6 is 11.3 Å². The van der Waals surface area contributed by atoms with Gasteiger partial charge in [-0.25, -0.2) is 0 Å². The number of rotatable bonds is 6. The molecule has 2 heterocycles. The maximum Gasteiger partial charge on any atom is 0.220 e. The van der Waals surface area contributed by atoms with E-state index in [-0.39, 0.29) is 24.5 Å². The standard InChI is InChI=1S/C15H16N2O2S/c1-11-2-4-14(20-11)13(18)3-5-15(19)17-10-12-6-8-16-9-7-12/h2,4,6-9H,3,5,10H2,1H3,(H,17,19). The zero-order valence-corrected chi connectivity index (χ0v) is 12.1. The first kappa shape index (κ1) is 14.4. The van der Waals surface area contributed by atoms with Crippen molar-refractivity contribution in [2.45, 2.75) is 26.3 Å². The van der Waals surface area contributed by atoms with Crippen LogP contribution in [0.5, 0.6) is 0 Å². The lowest BCUT2D eigenvalue weighted by Gasteiger charge is -2.04. The maximum atomic E-state index is 11.9. The van der Waals surface area contributed by atoms with Crippen LogP contribution in [0.1, 0.15) is 33.0 Å². The van der Waals surface area contributed by atoms with Gasteiger partial charge < -0.3 is 5.32 Å². The quantitative estimate of drug-likeness (QED) is 0.831. The first-order valence-electron chi connectivity index (χ1n) is 6.40. The van der Waals surface area contributed by atoms with Gasteiger partial charge in [-0.3, -0.25) is 14.6 Å². The molecule has 0 saturated carbocycles. The van der Waals surface area contributed by atoms with Gasteiger partial charge in [0.2, 0.25) is 5.91 Å². The number of pyridine rings is 1. The molecule has 0 aliphatic carbocycles. The van der Waals surface area contributed by atoms with Crippen LogP contribution in [0, 0.1) is 6.92 Å². The van der Waals surface area contributed by atoms with Gasteiger partial charge in [-0.2, -0.15) is 0 Å². The van der Waals surface area contributed by atoms with Crippen molar-refractivity contribution in [2.75, 3.05) is 0 Å². The highest BCUT2D eigenvalue weighted by Crippen LogP contribution is 2.17. The number of aryl methyl sites for hydroxylation is 1. The van der Waals surface area contributed by atoms with Crippen molar-refractivity contribution in [1.29, 1.82) is 0 Å². The predicted octanol–water partition coefficient (Wildman–Crippen LogP) is 2.73. The molecule has 0 saturated heterocycles. The third-order valence-corrected chi connectivity index (χ3v) is 3.88. The molecule has 0 unspecified atom stereocenters. The number of amides is 1. The Balaban J connectivity index is 1.74. The molecular formula is C15H16N2O2S. The topological polar surface area (TPSA) is 59.1 Å². The summed E-state index contributed by atoms with van der Waals surface area (Å²) < 4.78 is 0. The summed E-state index contributed by atoms with van der Waals surface area (Å²) in [6, 6.07) is 7.43. The van der Waals surface area contributed by atoms with Gasteiger partial charge in [0.15, 0.2) is 5.78 Å². The highest BCUT2D eigenvalue weighted by molar-refractivity contribution is 7.14. The molecular weight excluding hydrogens is 272 g/mol. The molecule has 5 heteroatoms. The largest absolute Gasteiger partial charge is 0.352 e. The van der Waals surface area contributed by atoms with Crippen LogP contribution in [-0.2, 0) is 11.3 Å². The minimum absolute atomic E-state index is 0.0298. The zero-order valence-electron chi connectivity index (χ0n) is 11.3. The van der Waals surface area contributed by atoms with Gasteiger partial charge in [-0.05, 0) is 36.8 Å². The van der Waals surface area contributed by atoms with E-state index in [2.05, 4.69) is 10.3 Å². The first-order valence-corrected chi connectivity index (χ1v) is 7.22. The molecule has 4 nitrogen and oxygen atoms in total. The minimum atomic E-state index is -0.108. The molecule has 0 bridgehead atoms. The van der Waals surface area contributed by atoms with E-state index in [1.54, 1.807) is 12.4 Å². The number of hydrogen-bond donors (Lipinski definition) is 1. The lowest BCUT2D eigenvalue weighted by molar-refractivity contribution is -0.121. The predicted molar refractivity (Wildman–Crippen MR) is 78.7 cm³/mol. The molecule has 1 N–H and O–H groups in total. The van der Waals surface area contributed by atoms with Crippen molar-refractivity contribution < 1.29 is 9.59 Å². The van der Waals surface area contributed by atoms with E-state index in [4.69, 9.17) is 0 Å². The van der Waals surface area contributed by atoms with Gasteiger partial charge in [0.1, 0.15) is 0 Å². The van der Waals surface area contributed by atoms with E-state index in [1.807, 2.05) is 31.2 Å². The molecule has 0 aromatic carbocycles. The molecule has 1 amide bonds. The molecule has 20 heavy (non-hydrogen) atoms. The minimum Gasteiger partial charge on any atom is -0.352 e. The lowest BCUT2D eigenvalue weighted by atomic mass is 10.2. The van der Waals surface area contributed by atoms with Crippen LogP contribution in [0.3, 0.4) is 0 Å². The average molecular weight is 288 g/mol. The molecule has 0 radical (unpaired) electrons. The van der Waals surface area contributed by atoms with Gasteiger partial charge in [0.25, 0.3) is 0 Å². The molecule has 0 spiro atoms. The number of ketones is 1. The highest BCUT2D eigenvalue weighted by Gasteiger charge is 2.10. The molecule has 0 fully saturated rings.